The molecule has 0 aliphatic heterocycles. The zero-order chi connectivity index (χ0) is 15.1. The summed E-state index contributed by atoms with van der Waals surface area (Å²) in [5.74, 6) is -0.525. The van der Waals surface area contributed by atoms with Gasteiger partial charge in [0, 0.05) is 12.6 Å². The standard InChI is InChI=1S/C12H23F3N2O2/c1-5-17(6-2)9(3)7-16-11(18)10(4)19-8-12(13,14)15/h9-10H,5-8H2,1-4H3,(H,16,18)/t9-,10-/m1/s1. The van der Waals surface area contributed by atoms with Gasteiger partial charge in [0.05, 0.1) is 0 Å². The van der Waals surface area contributed by atoms with Crippen molar-refractivity contribution in [3.8, 4) is 0 Å². The van der Waals surface area contributed by atoms with Gasteiger partial charge in [0.25, 0.3) is 0 Å². The maximum atomic E-state index is 11.9. The Labute approximate surface area is 112 Å². The molecule has 0 aromatic heterocycles. The minimum atomic E-state index is -4.41. The molecule has 1 N–H and O–H groups in total. The number of alkyl halides is 3. The van der Waals surface area contributed by atoms with Gasteiger partial charge in [0.1, 0.15) is 12.7 Å². The summed E-state index contributed by atoms with van der Waals surface area (Å²) >= 11 is 0. The van der Waals surface area contributed by atoms with Gasteiger partial charge in [0.2, 0.25) is 5.91 Å². The first-order chi connectivity index (χ1) is 8.71. The fraction of sp³-hybridized carbons (Fsp3) is 0.917. The van der Waals surface area contributed by atoms with Crippen molar-refractivity contribution in [3.05, 3.63) is 0 Å². The number of hydrogen-bond donors (Lipinski definition) is 1. The van der Waals surface area contributed by atoms with Crippen molar-refractivity contribution in [2.45, 2.75) is 46.0 Å². The maximum Gasteiger partial charge on any atom is 0.411 e. The highest BCUT2D eigenvalue weighted by atomic mass is 19.4. The summed E-state index contributed by atoms with van der Waals surface area (Å²) in [6.45, 7) is 7.97. The molecule has 0 radical (unpaired) electrons. The Bertz CT molecular complexity index is 268. The molecular formula is C12H23F3N2O2. The van der Waals surface area contributed by atoms with Gasteiger partial charge in [0.15, 0.2) is 0 Å². The lowest BCUT2D eigenvalue weighted by Gasteiger charge is -2.27. The number of carbonyl (C=O) groups excluding carboxylic acids is 1. The Morgan fingerprint density at radius 1 is 1.26 bits per heavy atom. The van der Waals surface area contributed by atoms with Crippen LogP contribution in [-0.4, -0.2) is 55.4 Å². The maximum absolute atomic E-state index is 11.9. The van der Waals surface area contributed by atoms with Crippen LogP contribution in [0.1, 0.15) is 27.7 Å². The van der Waals surface area contributed by atoms with Crippen LogP contribution in [0.25, 0.3) is 0 Å². The van der Waals surface area contributed by atoms with Crippen LogP contribution < -0.4 is 5.32 Å². The molecule has 2 atom stereocenters. The van der Waals surface area contributed by atoms with Gasteiger partial charge in [-0.05, 0) is 26.9 Å². The van der Waals surface area contributed by atoms with Crippen molar-refractivity contribution in [2.75, 3.05) is 26.2 Å². The van der Waals surface area contributed by atoms with E-state index in [2.05, 4.69) is 15.0 Å². The first-order valence-electron chi connectivity index (χ1n) is 6.41. The summed E-state index contributed by atoms with van der Waals surface area (Å²) in [5.41, 5.74) is 0. The van der Waals surface area contributed by atoms with E-state index in [-0.39, 0.29) is 6.04 Å². The number of nitrogens with zero attached hydrogens (tertiary/aromatic N) is 1. The molecule has 0 aliphatic rings. The molecule has 0 aromatic rings. The van der Waals surface area contributed by atoms with Crippen LogP contribution in [0.2, 0.25) is 0 Å². The Kier molecular flexibility index (Phi) is 8.01. The third kappa shape index (κ3) is 8.05. The molecule has 0 rings (SSSR count). The number of hydrogen-bond acceptors (Lipinski definition) is 3. The van der Waals surface area contributed by atoms with Gasteiger partial charge in [-0.25, -0.2) is 0 Å². The molecule has 0 saturated heterocycles. The van der Waals surface area contributed by atoms with Crippen LogP contribution in [0, 0.1) is 0 Å². The molecule has 0 unspecified atom stereocenters. The predicted octanol–water partition coefficient (Wildman–Crippen LogP) is 1.80. The van der Waals surface area contributed by atoms with Gasteiger partial charge in [-0.2, -0.15) is 13.2 Å². The lowest BCUT2D eigenvalue weighted by molar-refractivity contribution is -0.185. The number of amides is 1. The smallest absolute Gasteiger partial charge is 0.359 e. The number of likely N-dealkylation sites (N-methyl/N-ethyl adjacent to an activating group) is 1. The van der Waals surface area contributed by atoms with Gasteiger partial charge in [-0.3, -0.25) is 9.69 Å². The first-order valence-corrected chi connectivity index (χ1v) is 6.41. The average Bonchev–Trinajstić information content (AvgIpc) is 2.33. The molecule has 0 fully saturated rings. The molecule has 0 saturated carbocycles. The third-order valence-corrected chi connectivity index (χ3v) is 2.87. The van der Waals surface area contributed by atoms with Gasteiger partial charge < -0.3 is 10.1 Å². The highest BCUT2D eigenvalue weighted by Gasteiger charge is 2.29. The molecule has 0 heterocycles. The predicted molar refractivity (Wildman–Crippen MR) is 66.9 cm³/mol. The number of ether oxygens (including phenoxy) is 1. The summed E-state index contributed by atoms with van der Waals surface area (Å²) in [6, 6.07) is 0.133. The van der Waals surface area contributed by atoms with Crippen LogP contribution in [-0.2, 0) is 9.53 Å². The van der Waals surface area contributed by atoms with Crippen LogP contribution >= 0.6 is 0 Å². The second kappa shape index (κ2) is 8.37. The Hall–Kier alpha value is -0.820. The normalized spacial score (nSPS) is 15.4. The van der Waals surface area contributed by atoms with E-state index in [1.165, 1.54) is 6.92 Å². The van der Waals surface area contributed by atoms with E-state index in [0.717, 1.165) is 13.1 Å². The summed E-state index contributed by atoms with van der Waals surface area (Å²) in [4.78, 5) is 13.7. The summed E-state index contributed by atoms with van der Waals surface area (Å²) in [7, 11) is 0. The lowest BCUT2D eigenvalue weighted by Crippen LogP contribution is -2.45. The molecule has 7 heteroatoms. The lowest BCUT2D eigenvalue weighted by atomic mass is 10.2. The zero-order valence-corrected chi connectivity index (χ0v) is 11.9. The molecule has 114 valence electrons. The topological polar surface area (TPSA) is 41.6 Å². The van der Waals surface area contributed by atoms with Crippen LogP contribution in [0.4, 0.5) is 13.2 Å². The van der Waals surface area contributed by atoms with Crippen LogP contribution in [0.5, 0.6) is 0 Å². The fourth-order valence-corrected chi connectivity index (χ4v) is 1.66. The number of carbonyl (C=O) groups is 1. The van der Waals surface area contributed by atoms with E-state index in [4.69, 9.17) is 0 Å². The minimum absolute atomic E-state index is 0.133. The summed E-state index contributed by atoms with van der Waals surface area (Å²) in [5, 5.41) is 2.59. The monoisotopic (exact) mass is 284 g/mol. The van der Waals surface area contributed by atoms with E-state index in [9.17, 15) is 18.0 Å². The van der Waals surface area contributed by atoms with E-state index in [0.29, 0.717) is 6.54 Å². The van der Waals surface area contributed by atoms with Crippen LogP contribution in [0.3, 0.4) is 0 Å². The third-order valence-electron chi connectivity index (χ3n) is 2.87. The van der Waals surface area contributed by atoms with E-state index in [1.807, 2.05) is 20.8 Å². The largest absolute Gasteiger partial charge is 0.411 e. The summed E-state index contributed by atoms with van der Waals surface area (Å²) in [6.07, 6.45) is -5.52. The van der Waals surface area contributed by atoms with Crippen molar-refractivity contribution in [1.29, 1.82) is 0 Å². The van der Waals surface area contributed by atoms with Crippen molar-refractivity contribution in [1.82, 2.24) is 10.2 Å². The molecule has 0 spiro atoms. The van der Waals surface area contributed by atoms with E-state index < -0.39 is 24.8 Å². The molecule has 19 heavy (non-hydrogen) atoms. The number of nitrogens with one attached hydrogen (secondary N) is 1. The zero-order valence-electron chi connectivity index (χ0n) is 11.9. The molecule has 0 aromatic carbocycles. The SMILES string of the molecule is CCN(CC)[C@H](C)CNC(=O)[C@@H](C)OCC(F)(F)F. The number of halogens is 3. The highest BCUT2D eigenvalue weighted by Crippen LogP contribution is 2.15. The number of rotatable bonds is 8. The fourth-order valence-electron chi connectivity index (χ4n) is 1.66. The molecular weight excluding hydrogens is 261 g/mol. The quantitative estimate of drug-likeness (QED) is 0.739. The average molecular weight is 284 g/mol. The van der Waals surface area contributed by atoms with Crippen molar-refractivity contribution < 1.29 is 22.7 Å². The molecule has 0 aliphatic carbocycles. The molecule has 0 bridgehead atoms. The second-order valence-electron chi connectivity index (χ2n) is 4.38. The molecule has 1 amide bonds. The second-order valence-corrected chi connectivity index (χ2v) is 4.38. The Morgan fingerprint density at radius 3 is 2.21 bits per heavy atom. The highest BCUT2D eigenvalue weighted by molar-refractivity contribution is 5.80. The van der Waals surface area contributed by atoms with Crippen molar-refractivity contribution in [3.63, 3.8) is 0 Å². The Morgan fingerprint density at radius 2 is 1.79 bits per heavy atom. The molecule has 4 nitrogen and oxygen atoms in total. The van der Waals surface area contributed by atoms with E-state index in [1.54, 1.807) is 0 Å². The minimum Gasteiger partial charge on any atom is -0.359 e. The Balaban J connectivity index is 4.03. The van der Waals surface area contributed by atoms with Crippen LogP contribution in [0.15, 0.2) is 0 Å². The van der Waals surface area contributed by atoms with Gasteiger partial charge in [-0.15, -0.1) is 0 Å². The summed E-state index contributed by atoms with van der Waals surface area (Å²) < 4.78 is 40.2. The van der Waals surface area contributed by atoms with Crippen molar-refractivity contribution >= 4 is 5.91 Å². The first kappa shape index (κ1) is 18.2. The van der Waals surface area contributed by atoms with Gasteiger partial charge >= 0.3 is 6.18 Å². The van der Waals surface area contributed by atoms with Gasteiger partial charge in [-0.1, -0.05) is 13.8 Å². The van der Waals surface area contributed by atoms with Crippen molar-refractivity contribution in [2.24, 2.45) is 0 Å². The van der Waals surface area contributed by atoms with E-state index >= 15 is 0 Å².